The number of nitrogens with one attached hydrogen (secondary N) is 1. The van der Waals surface area contributed by atoms with Crippen molar-refractivity contribution in [2.75, 3.05) is 25.2 Å². The number of carboxylic acid groups (broad SMARTS) is 1. The summed E-state index contributed by atoms with van der Waals surface area (Å²) in [5, 5.41) is 11.1. The fraction of sp³-hybridized carbons (Fsp3) is 0.385. The number of hydrogen-bond donors (Lipinski definition) is 2. The number of carbonyl (C=O) groups excluding carboxylic acids is 1. The van der Waals surface area contributed by atoms with Gasteiger partial charge in [0.05, 0.1) is 24.2 Å². The second-order valence-corrected chi connectivity index (χ2v) is 5.12. The van der Waals surface area contributed by atoms with Crippen LogP contribution in [0.15, 0.2) is 18.2 Å². The lowest BCUT2D eigenvalue weighted by atomic mass is 10.1. The summed E-state index contributed by atoms with van der Waals surface area (Å²) >= 11 is 0.944. The highest BCUT2D eigenvalue weighted by atomic mass is 32.2. The van der Waals surface area contributed by atoms with E-state index in [2.05, 4.69) is 5.32 Å². The molecule has 0 bridgehead atoms. The SMILES string of the molecule is COCC(NC(=O)CSCC(=O)O)c1ccc(F)c(F)c1. The number of halogens is 2. The van der Waals surface area contributed by atoms with Crippen LogP contribution in [0.1, 0.15) is 11.6 Å². The van der Waals surface area contributed by atoms with E-state index < -0.39 is 29.6 Å². The average molecular weight is 319 g/mol. The van der Waals surface area contributed by atoms with Crippen molar-refractivity contribution < 1.29 is 28.2 Å². The van der Waals surface area contributed by atoms with E-state index in [1.807, 2.05) is 0 Å². The van der Waals surface area contributed by atoms with Gasteiger partial charge in [-0.05, 0) is 17.7 Å². The van der Waals surface area contributed by atoms with Gasteiger partial charge in [0, 0.05) is 7.11 Å². The maximum absolute atomic E-state index is 13.2. The van der Waals surface area contributed by atoms with Crippen molar-refractivity contribution in [1.82, 2.24) is 5.32 Å². The van der Waals surface area contributed by atoms with Crippen molar-refractivity contribution in [3.8, 4) is 0 Å². The summed E-state index contributed by atoms with van der Waals surface area (Å²) in [6, 6.07) is 2.68. The quantitative estimate of drug-likeness (QED) is 0.761. The number of benzene rings is 1. The molecule has 0 radical (unpaired) electrons. The molecule has 0 aliphatic rings. The lowest BCUT2D eigenvalue weighted by Crippen LogP contribution is -2.32. The molecular formula is C13H15F2NO4S. The van der Waals surface area contributed by atoms with E-state index in [0.29, 0.717) is 5.56 Å². The van der Waals surface area contributed by atoms with Crippen LogP contribution < -0.4 is 5.32 Å². The predicted molar refractivity (Wildman–Crippen MR) is 74.1 cm³/mol. The summed E-state index contributed by atoms with van der Waals surface area (Å²) in [6.45, 7) is 0.0837. The van der Waals surface area contributed by atoms with Crippen LogP contribution in [0.3, 0.4) is 0 Å². The minimum atomic E-state index is -1.01. The summed E-state index contributed by atoms with van der Waals surface area (Å²) in [5.74, 6) is -3.64. The van der Waals surface area contributed by atoms with Crippen LogP contribution in [0, 0.1) is 11.6 Å². The van der Waals surface area contributed by atoms with Crippen molar-refractivity contribution >= 4 is 23.6 Å². The van der Waals surface area contributed by atoms with Crippen LogP contribution in [-0.2, 0) is 14.3 Å². The fourth-order valence-corrected chi connectivity index (χ4v) is 2.13. The molecule has 116 valence electrons. The minimum absolute atomic E-state index is 0.0454. The second-order valence-electron chi connectivity index (χ2n) is 4.14. The third kappa shape index (κ3) is 6.09. The van der Waals surface area contributed by atoms with Gasteiger partial charge in [-0.2, -0.15) is 0 Å². The molecule has 0 saturated heterocycles. The molecule has 0 spiro atoms. The van der Waals surface area contributed by atoms with E-state index in [9.17, 15) is 18.4 Å². The van der Waals surface area contributed by atoms with Gasteiger partial charge in [-0.3, -0.25) is 9.59 Å². The molecule has 8 heteroatoms. The molecular weight excluding hydrogens is 304 g/mol. The molecule has 1 atom stereocenters. The highest BCUT2D eigenvalue weighted by molar-refractivity contribution is 8.00. The Balaban J connectivity index is 2.66. The van der Waals surface area contributed by atoms with Gasteiger partial charge < -0.3 is 15.2 Å². The Labute approximate surface area is 124 Å². The van der Waals surface area contributed by atoms with E-state index in [1.165, 1.54) is 13.2 Å². The van der Waals surface area contributed by atoms with Gasteiger partial charge in [-0.25, -0.2) is 8.78 Å². The number of rotatable bonds is 8. The summed E-state index contributed by atoms with van der Waals surface area (Å²) in [7, 11) is 1.41. The zero-order valence-electron chi connectivity index (χ0n) is 11.3. The Hall–Kier alpha value is -1.67. The van der Waals surface area contributed by atoms with Crippen LogP contribution >= 0.6 is 11.8 Å². The minimum Gasteiger partial charge on any atom is -0.481 e. The molecule has 0 fully saturated rings. The van der Waals surface area contributed by atoms with Crippen molar-refractivity contribution in [1.29, 1.82) is 0 Å². The van der Waals surface area contributed by atoms with Crippen LogP contribution in [-0.4, -0.2) is 42.2 Å². The Morgan fingerprint density at radius 1 is 1.33 bits per heavy atom. The largest absolute Gasteiger partial charge is 0.481 e. The fourth-order valence-electron chi connectivity index (χ4n) is 1.58. The average Bonchev–Trinajstić information content (AvgIpc) is 2.41. The Morgan fingerprint density at radius 3 is 2.62 bits per heavy atom. The zero-order valence-corrected chi connectivity index (χ0v) is 12.1. The summed E-state index contributed by atoms with van der Waals surface area (Å²) in [5.41, 5.74) is 0.368. The van der Waals surface area contributed by atoms with E-state index >= 15 is 0 Å². The Kier molecular flexibility index (Phi) is 7.10. The lowest BCUT2D eigenvalue weighted by molar-refractivity contribution is -0.133. The van der Waals surface area contributed by atoms with Crippen molar-refractivity contribution in [2.24, 2.45) is 0 Å². The number of thioether (sulfide) groups is 1. The zero-order chi connectivity index (χ0) is 15.8. The maximum atomic E-state index is 13.2. The van der Waals surface area contributed by atoms with Gasteiger partial charge in [0.2, 0.25) is 5.91 Å². The molecule has 1 aromatic carbocycles. The first kappa shape index (κ1) is 17.4. The molecule has 2 N–H and O–H groups in total. The van der Waals surface area contributed by atoms with Gasteiger partial charge in [0.1, 0.15) is 0 Å². The molecule has 0 saturated carbocycles. The predicted octanol–water partition coefficient (Wildman–Crippen LogP) is 1.59. The topological polar surface area (TPSA) is 75.6 Å². The molecule has 5 nitrogen and oxygen atoms in total. The Bertz CT molecular complexity index is 513. The third-order valence-corrected chi connectivity index (χ3v) is 3.39. The normalized spacial score (nSPS) is 12.0. The lowest BCUT2D eigenvalue weighted by Gasteiger charge is -2.18. The number of carboxylic acids is 1. The molecule has 1 rings (SSSR count). The molecule has 1 aromatic rings. The van der Waals surface area contributed by atoms with E-state index in [0.717, 1.165) is 23.9 Å². The number of methoxy groups -OCH3 is 1. The van der Waals surface area contributed by atoms with E-state index in [4.69, 9.17) is 9.84 Å². The highest BCUT2D eigenvalue weighted by Crippen LogP contribution is 2.17. The van der Waals surface area contributed by atoms with Crippen LogP contribution in [0.5, 0.6) is 0 Å². The second kappa shape index (κ2) is 8.58. The molecule has 1 amide bonds. The summed E-state index contributed by atoms with van der Waals surface area (Å²) < 4.78 is 31.1. The van der Waals surface area contributed by atoms with Gasteiger partial charge in [-0.15, -0.1) is 11.8 Å². The molecule has 0 heterocycles. The van der Waals surface area contributed by atoms with Crippen molar-refractivity contribution in [2.45, 2.75) is 6.04 Å². The third-order valence-electron chi connectivity index (χ3n) is 2.47. The number of hydrogen-bond acceptors (Lipinski definition) is 4. The number of ether oxygens (including phenoxy) is 1. The van der Waals surface area contributed by atoms with Gasteiger partial charge in [-0.1, -0.05) is 6.07 Å². The van der Waals surface area contributed by atoms with Crippen molar-refractivity contribution in [3.63, 3.8) is 0 Å². The molecule has 0 aromatic heterocycles. The Morgan fingerprint density at radius 2 is 2.05 bits per heavy atom. The van der Waals surface area contributed by atoms with Gasteiger partial charge in [0.15, 0.2) is 11.6 Å². The van der Waals surface area contributed by atoms with E-state index in [1.54, 1.807) is 0 Å². The number of aliphatic carboxylic acids is 1. The smallest absolute Gasteiger partial charge is 0.313 e. The van der Waals surface area contributed by atoms with Crippen LogP contribution in [0.25, 0.3) is 0 Å². The van der Waals surface area contributed by atoms with Crippen molar-refractivity contribution in [3.05, 3.63) is 35.4 Å². The standard InChI is InChI=1S/C13H15F2NO4S/c1-20-5-11(8-2-3-9(14)10(15)4-8)16-12(17)6-21-7-13(18)19/h2-4,11H,5-7H2,1H3,(H,16,17)(H,18,19). The van der Waals surface area contributed by atoms with Crippen LogP contribution in [0.4, 0.5) is 8.78 Å². The molecule has 0 aliphatic heterocycles. The molecule has 21 heavy (non-hydrogen) atoms. The van der Waals surface area contributed by atoms with E-state index in [-0.39, 0.29) is 18.1 Å². The highest BCUT2D eigenvalue weighted by Gasteiger charge is 2.16. The first-order valence-corrected chi connectivity index (χ1v) is 7.12. The first-order valence-electron chi connectivity index (χ1n) is 5.96. The first-order chi connectivity index (χ1) is 9.93. The van der Waals surface area contributed by atoms with Gasteiger partial charge >= 0.3 is 5.97 Å². The van der Waals surface area contributed by atoms with Gasteiger partial charge in [0.25, 0.3) is 0 Å². The van der Waals surface area contributed by atoms with Crippen LogP contribution in [0.2, 0.25) is 0 Å². The monoisotopic (exact) mass is 319 g/mol. The molecule has 0 aliphatic carbocycles. The summed E-state index contributed by atoms with van der Waals surface area (Å²) in [6.07, 6.45) is 0. The molecule has 1 unspecified atom stereocenters. The number of carbonyl (C=O) groups is 2. The number of amides is 1. The summed E-state index contributed by atoms with van der Waals surface area (Å²) in [4.78, 5) is 22.0. The maximum Gasteiger partial charge on any atom is 0.313 e.